The van der Waals surface area contributed by atoms with E-state index in [-0.39, 0.29) is 24.5 Å². The third-order valence-electron chi connectivity index (χ3n) is 7.29. The fourth-order valence-electron chi connectivity index (χ4n) is 5.06. The van der Waals surface area contributed by atoms with Gasteiger partial charge in [0.2, 0.25) is 5.91 Å². The van der Waals surface area contributed by atoms with E-state index in [9.17, 15) is 9.59 Å². The minimum Gasteiger partial charge on any atom is -0.464 e. The second kappa shape index (κ2) is 14.7. The van der Waals surface area contributed by atoms with Crippen LogP contribution in [0.4, 0.5) is 0 Å². The lowest BCUT2D eigenvalue weighted by Crippen LogP contribution is -2.45. The number of benzene rings is 2. The average molecular weight is 531 g/mol. The summed E-state index contributed by atoms with van der Waals surface area (Å²) in [5, 5.41) is 0. The van der Waals surface area contributed by atoms with Crippen molar-refractivity contribution < 1.29 is 18.7 Å². The summed E-state index contributed by atoms with van der Waals surface area (Å²) in [6.07, 6.45) is 7.71. The Balaban J connectivity index is 1.48. The molecule has 0 N–H and O–H groups in total. The molecule has 2 amide bonds. The first-order chi connectivity index (χ1) is 19.0. The van der Waals surface area contributed by atoms with Gasteiger partial charge in [-0.2, -0.15) is 0 Å². The summed E-state index contributed by atoms with van der Waals surface area (Å²) in [5.41, 5.74) is 2.88. The van der Waals surface area contributed by atoms with E-state index in [0.29, 0.717) is 31.8 Å². The number of unbranched alkanes of at least 4 members (excludes halogenated alkanes) is 3. The molecule has 1 aliphatic rings. The molecule has 2 aromatic carbocycles. The van der Waals surface area contributed by atoms with Crippen LogP contribution >= 0.6 is 0 Å². The summed E-state index contributed by atoms with van der Waals surface area (Å²) in [6, 6.07) is 21.6. The summed E-state index contributed by atoms with van der Waals surface area (Å²) in [7, 11) is 0. The molecule has 39 heavy (non-hydrogen) atoms. The molecule has 0 spiro atoms. The normalized spacial score (nSPS) is 14.9. The molecule has 0 aliphatic carbocycles. The molecule has 6 heteroatoms. The van der Waals surface area contributed by atoms with Crippen LogP contribution in [-0.4, -0.2) is 47.4 Å². The number of carbonyl (C=O) groups excluding carboxylic acids is 2. The molecular weight excluding hydrogens is 488 g/mol. The highest BCUT2D eigenvalue weighted by Gasteiger charge is 2.27. The van der Waals surface area contributed by atoms with E-state index in [4.69, 9.17) is 9.15 Å². The van der Waals surface area contributed by atoms with Crippen LogP contribution in [0.1, 0.15) is 78.5 Å². The molecule has 1 fully saturated rings. The lowest BCUT2D eigenvalue weighted by Gasteiger charge is -2.29. The maximum atomic E-state index is 13.8. The van der Waals surface area contributed by atoms with E-state index in [0.717, 1.165) is 42.8 Å². The van der Waals surface area contributed by atoms with Gasteiger partial charge in [-0.05, 0) is 68.0 Å². The molecule has 0 unspecified atom stereocenters. The van der Waals surface area contributed by atoms with E-state index in [1.807, 2.05) is 73.7 Å². The highest BCUT2D eigenvalue weighted by molar-refractivity contribution is 5.96. The molecule has 1 saturated heterocycles. The number of nitrogens with zero attached hydrogens (tertiary/aromatic N) is 2. The van der Waals surface area contributed by atoms with Gasteiger partial charge < -0.3 is 19.0 Å². The number of hydrogen-bond acceptors (Lipinski definition) is 4. The predicted octanol–water partition coefficient (Wildman–Crippen LogP) is 6.56. The monoisotopic (exact) mass is 530 g/mol. The molecule has 0 bridgehead atoms. The number of hydrogen-bond donors (Lipinski definition) is 0. The second-order valence-electron chi connectivity index (χ2n) is 10.6. The number of ether oxygens (including phenoxy) is 1. The van der Waals surface area contributed by atoms with Crippen molar-refractivity contribution >= 4 is 11.8 Å². The first kappa shape index (κ1) is 28.6. The molecule has 1 atom stereocenters. The Bertz CT molecular complexity index is 1170. The summed E-state index contributed by atoms with van der Waals surface area (Å²) >= 11 is 0. The van der Waals surface area contributed by atoms with E-state index in [2.05, 4.69) is 6.92 Å². The summed E-state index contributed by atoms with van der Waals surface area (Å²) in [5.74, 6) is 1.28. The van der Waals surface area contributed by atoms with Gasteiger partial charge in [0.25, 0.3) is 5.91 Å². The van der Waals surface area contributed by atoms with Crippen molar-refractivity contribution in [2.24, 2.45) is 0 Å². The first-order valence-electron chi connectivity index (χ1n) is 14.4. The highest BCUT2D eigenvalue weighted by Crippen LogP contribution is 2.18. The molecule has 4 rings (SSSR count). The smallest absolute Gasteiger partial charge is 0.254 e. The van der Waals surface area contributed by atoms with E-state index >= 15 is 0 Å². The Morgan fingerprint density at radius 2 is 1.67 bits per heavy atom. The van der Waals surface area contributed by atoms with Crippen molar-refractivity contribution in [1.82, 2.24) is 9.80 Å². The van der Waals surface area contributed by atoms with Crippen molar-refractivity contribution in [2.75, 3.05) is 19.7 Å². The Hall–Kier alpha value is -3.38. The van der Waals surface area contributed by atoms with E-state index in [1.54, 1.807) is 9.80 Å². The number of amides is 2. The molecule has 2 heterocycles. The summed E-state index contributed by atoms with van der Waals surface area (Å²) in [6.45, 7) is 5.99. The van der Waals surface area contributed by atoms with E-state index < -0.39 is 0 Å². The molecular formula is C33H42N2O4. The van der Waals surface area contributed by atoms with Crippen LogP contribution < -0.4 is 0 Å². The largest absolute Gasteiger partial charge is 0.464 e. The van der Waals surface area contributed by atoms with Crippen molar-refractivity contribution in [2.45, 2.75) is 78.0 Å². The quantitative estimate of drug-likeness (QED) is 0.221. The number of furan rings is 1. The van der Waals surface area contributed by atoms with Gasteiger partial charge in [0.1, 0.15) is 18.1 Å². The van der Waals surface area contributed by atoms with Gasteiger partial charge in [0, 0.05) is 25.3 Å². The predicted molar refractivity (Wildman–Crippen MR) is 153 cm³/mol. The lowest BCUT2D eigenvalue weighted by atomic mass is 10.0. The maximum absolute atomic E-state index is 13.8. The molecule has 6 nitrogen and oxygen atoms in total. The number of rotatable bonds is 14. The zero-order valence-electron chi connectivity index (χ0n) is 23.4. The Morgan fingerprint density at radius 1 is 0.872 bits per heavy atom. The molecule has 1 aliphatic heterocycles. The van der Waals surface area contributed by atoms with Gasteiger partial charge in [-0.15, -0.1) is 0 Å². The minimum absolute atomic E-state index is 0.00993. The third-order valence-corrected chi connectivity index (χ3v) is 7.29. The fourth-order valence-corrected chi connectivity index (χ4v) is 5.06. The fraction of sp³-hybridized carbons (Fsp3) is 0.455. The Morgan fingerprint density at radius 3 is 2.33 bits per heavy atom. The third kappa shape index (κ3) is 8.82. The first-order valence-corrected chi connectivity index (χ1v) is 14.4. The van der Waals surface area contributed by atoms with Crippen LogP contribution in [0.3, 0.4) is 0 Å². The van der Waals surface area contributed by atoms with Crippen molar-refractivity contribution in [3.8, 4) is 0 Å². The van der Waals surface area contributed by atoms with Gasteiger partial charge in [-0.1, -0.05) is 68.7 Å². The van der Waals surface area contributed by atoms with Crippen molar-refractivity contribution in [3.05, 3.63) is 94.9 Å². The van der Waals surface area contributed by atoms with Crippen LogP contribution in [0.25, 0.3) is 0 Å². The number of carbonyl (C=O) groups is 2. The molecule has 0 saturated carbocycles. The van der Waals surface area contributed by atoms with Gasteiger partial charge in [0.05, 0.1) is 12.6 Å². The molecule has 1 aromatic heterocycles. The van der Waals surface area contributed by atoms with Crippen LogP contribution in [0, 0.1) is 6.92 Å². The zero-order chi connectivity index (χ0) is 27.5. The van der Waals surface area contributed by atoms with Crippen LogP contribution in [-0.2, 0) is 29.0 Å². The lowest BCUT2D eigenvalue weighted by molar-refractivity contribution is -0.133. The van der Waals surface area contributed by atoms with Crippen LogP contribution in [0.15, 0.2) is 71.1 Å². The SMILES string of the molecule is CCCCCCc1ccc(C(=O)N(CC(=O)N(Cc2ccccc2)Cc2ccc(C)o2)C[C@H]2CCCO2)cc1. The minimum atomic E-state index is -0.134. The van der Waals surface area contributed by atoms with Gasteiger partial charge in [-0.25, -0.2) is 0 Å². The summed E-state index contributed by atoms with van der Waals surface area (Å²) < 4.78 is 11.6. The Labute approximate surface area is 232 Å². The standard InChI is InChI=1S/C33H42N2O4/c1-3-4-5-7-11-27-16-18-29(19-17-27)33(37)35(23-30-14-10-21-38-30)25-32(36)34(22-28-12-8-6-9-13-28)24-31-20-15-26(2)39-31/h6,8-9,12-13,15-20,30H,3-5,7,10-11,14,21-25H2,1-2H3/t30-/m1/s1. The average Bonchev–Trinajstić information content (AvgIpc) is 3.62. The topological polar surface area (TPSA) is 63.0 Å². The van der Waals surface area contributed by atoms with Crippen molar-refractivity contribution in [1.29, 1.82) is 0 Å². The highest BCUT2D eigenvalue weighted by atomic mass is 16.5. The molecule has 208 valence electrons. The maximum Gasteiger partial charge on any atom is 0.254 e. The molecule has 3 aromatic rings. The Kier molecular flexibility index (Phi) is 10.8. The second-order valence-corrected chi connectivity index (χ2v) is 10.6. The number of aryl methyl sites for hydroxylation is 2. The van der Waals surface area contributed by atoms with Crippen molar-refractivity contribution in [3.63, 3.8) is 0 Å². The zero-order valence-corrected chi connectivity index (χ0v) is 23.4. The van der Waals surface area contributed by atoms with Gasteiger partial charge in [0.15, 0.2) is 0 Å². The van der Waals surface area contributed by atoms with Crippen LogP contribution in [0.2, 0.25) is 0 Å². The summed E-state index contributed by atoms with van der Waals surface area (Å²) in [4.78, 5) is 30.9. The van der Waals surface area contributed by atoms with Gasteiger partial charge in [-0.3, -0.25) is 9.59 Å². The van der Waals surface area contributed by atoms with E-state index in [1.165, 1.54) is 24.8 Å². The van der Waals surface area contributed by atoms with Gasteiger partial charge >= 0.3 is 0 Å². The molecule has 0 radical (unpaired) electrons. The van der Waals surface area contributed by atoms with Crippen LogP contribution in [0.5, 0.6) is 0 Å².